The number of hydrogen-bond acceptors (Lipinski definition) is 4. The quantitative estimate of drug-likeness (QED) is 0.766. The highest BCUT2D eigenvalue weighted by Crippen LogP contribution is 2.50. The van der Waals surface area contributed by atoms with Gasteiger partial charge in [0, 0.05) is 11.4 Å². The van der Waals surface area contributed by atoms with Gasteiger partial charge in [0.2, 0.25) is 0 Å². The molecule has 0 aromatic carbocycles. The standard InChI is InChI=1S/C8H13N3S/c1-6(9)8(2-3-8)4-7-5-12-11-10-7/h5-6H,2-4,9H2,1H3. The summed E-state index contributed by atoms with van der Waals surface area (Å²) in [6.45, 7) is 2.09. The molecule has 4 heteroatoms. The van der Waals surface area contributed by atoms with Gasteiger partial charge in [-0.05, 0) is 43.1 Å². The van der Waals surface area contributed by atoms with E-state index < -0.39 is 0 Å². The van der Waals surface area contributed by atoms with Gasteiger partial charge in [0.1, 0.15) is 0 Å². The van der Waals surface area contributed by atoms with E-state index in [9.17, 15) is 0 Å². The maximum atomic E-state index is 5.90. The van der Waals surface area contributed by atoms with Crippen LogP contribution in [0.2, 0.25) is 0 Å². The van der Waals surface area contributed by atoms with Crippen molar-refractivity contribution >= 4 is 11.5 Å². The molecule has 2 rings (SSSR count). The van der Waals surface area contributed by atoms with Crippen LogP contribution in [0.15, 0.2) is 5.38 Å². The average Bonchev–Trinajstić information content (AvgIpc) is 2.60. The predicted octanol–water partition coefficient (Wildman–Crippen LogP) is 1.21. The maximum absolute atomic E-state index is 5.90. The number of rotatable bonds is 3. The molecular formula is C8H13N3S. The van der Waals surface area contributed by atoms with Crippen molar-refractivity contribution in [2.24, 2.45) is 11.1 Å². The van der Waals surface area contributed by atoms with Crippen LogP contribution in [-0.4, -0.2) is 15.6 Å². The summed E-state index contributed by atoms with van der Waals surface area (Å²) in [6, 6.07) is 0.291. The molecule has 1 aromatic heterocycles. The summed E-state index contributed by atoms with van der Waals surface area (Å²) >= 11 is 1.42. The molecule has 1 aliphatic carbocycles. The molecule has 0 spiro atoms. The van der Waals surface area contributed by atoms with Crippen LogP contribution >= 0.6 is 11.5 Å². The molecule has 2 N–H and O–H groups in total. The Bertz CT molecular complexity index is 251. The number of hydrogen-bond donors (Lipinski definition) is 1. The zero-order valence-electron chi connectivity index (χ0n) is 7.16. The van der Waals surface area contributed by atoms with E-state index in [1.165, 1.54) is 24.4 Å². The fourth-order valence-corrected chi connectivity index (χ4v) is 2.03. The minimum absolute atomic E-state index is 0.291. The first-order chi connectivity index (χ1) is 5.73. The van der Waals surface area contributed by atoms with Crippen molar-refractivity contribution in [3.63, 3.8) is 0 Å². The fourth-order valence-electron chi connectivity index (χ4n) is 1.58. The van der Waals surface area contributed by atoms with Crippen molar-refractivity contribution < 1.29 is 0 Å². The minimum Gasteiger partial charge on any atom is -0.327 e. The Balaban J connectivity index is 2.04. The van der Waals surface area contributed by atoms with Gasteiger partial charge >= 0.3 is 0 Å². The van der Waals surface area contributed by atoms with Crippen molar-refractivity contribution in [3.8, 4) is 0 Å². The molecule has 1 unspecified atom stereocenters. The maximum Gasteiger partial charge on any atom is 0.0761 e. The summed E-state index contributed by atoms with van der Waals surface area (Å²) in [5.41, 5.74) is 7.37. The highest BCUT2D eigenvalue weighted by atomic mass is 32.1. The number of nitrogens with zero attached hydrogens (tertiary/aromatic N) is 2. The molecule has 1 fully saturated rings. The van der Waals surface area contributed by atoms with Gasteiger partial charge in [0.15, 0.2) is 0 Å². The second-order valence-corrected chi connectivity index (χ2v) is 4.33. The van der Waals surface area contributed by atoms with Crippen LogP contribution in [-0.2, 0) is 6.42 Å². The van der Waals surface area contributed by atoms with Crippen LogP contribution in [0, 0.1) is 5.41 Å². The molecule has 1 aliphatic rings. The van der Waals surface area contributed by atoms with Crippen molar-refractivity contribution in [1.82, 2.24) is 9.59 Å². The van der Waals surface area contributed by atoms with Crippen molar-refractivity contribution in [2.45, 2.75) is 32.2 Å². The van der Waals surface area contributed by atoms with Gasteiger partial charge in [-0.25, -0.2) is 0 Å². The van der Waals surface area contributed by atoms with E-state index in [1.807, 2.05) is 5.38 Å². The zero-order chi connectivity index (χ0) is 8.60. The summed E-state index contributed by atoms with van der Waals surface area (Å²) in [6.07, 6.45) is 3.52. The van der Waals surface area contributed by atoms with Crippen LogP contribution in [0.5, 0.6) is 0 Å². The van der Waals surface area contributed by atoms with Crippen molar-refractivity contribution in [3.05, 3.63) is 11.1 Å². The first-order valence-electron chi connectivity index (χ1n) is 4.24. The second-order valence-electron chi connectivity index (χ2n) is 3.72. The minimum atomic E-state index is 0.291. The lowest BCUT2D eigenvalue weighted by Gasteiger charge is -2.17. The highest BCUT2D eigenvalue weighted by molar-refractivity contribution is 7.03. The topological polar surface area (TPSA) is 51.8 Å². The van der Waals surface area contributed by atoms with Gasteiger partial charge in [0.25, 0.3) is 0 Å². The second kappa shape index (κ2) is 2.78. The van der Waals surface area contributed by atoms with Crippen LogP contribution < -0.4 is 5.73 Å². The molecule has 3 nitrogen and oxygen atoms in total. The zero-order valence-corrected chi connectivity index (χ0v) is 7.97. The average molecular weight is 183 g/mol. The molecular weight excluding hydrogens is 170 g/mol. The Hall–Kier alpha value is -0.480. The molecule has 66 valence electrons. The van der Waals surface area contributed by atoms with Gasteiger partial charge in [-0.3, -0.25) is 0 Å². The van der Waals surface area contributed by atoms with Crippen LogP contribution in [0.4, 0.5) is 0 Å². The van der Waals surface area contributed by atoms with Gasteiger partial charge in [-0.1, -0.05) is 4.49 Å². The Morgan fingerprint density at radius 3 is 2.92 bits per heavy atom. The third kappa shape index (κ3) is 1.36. The summed E-state index contributed by atoms with van der Waals surface area (Å²) in [5.74, 6) is 0. The van der Waals surface area contributed by atoms with E-state index in [2.05, 4.69) is 16.5 Å². The van der Waals surface area contributed by atoms with Crippen molar-refractivity contribution in [1.29, 1.82) is 0 Å². The Kier molecular flexibility index (Phi) is 1.88. The third-order valence-corrected chi connectivity index (χ3v) is 3.35. The molecule has 1 aromatic rings. The lowest BCUT2D eigenvalue weighted by molar-refractivity contribution is 0.414. The van der Waals surface area contributed by atoms with Crippen molar-refractivity contribution in [2.75, 3.05) is 0 Å². The molecule has 0 saturated heterocycles. The Labute approximate surface area is 76.1 Å². The molecule has 1 heterocycles. The van der Waals surface area contributed by atoms with Crippen LogP contribution in [0.1, 0.15) is 25.5 Å². The Morgan fingerprint density at radius 2 is 2.50 bits per heavy atom. The third-order valence-electron chi connectivity index (χ3n) is 2.80. The monoisotopic (exact) mass is 183 g/mol. The predicted molar refractivity (Wildman–Crippen MR) is 48.9 cm³/mol. The summed E-state index contributed by atoms with van der Waals surface area (Å²) < 4.78 is 3.84. The van der Waals surface area contributed by atoms with E-state index in [0.717, 1.165) is 12.1 Å². The van der Waals surface area contributed by atoms with E-state index in [1.54, 1.807) is 0 Å². The first kappa shape index (κ1) is 8.13. The lowest BCUT2D eigenvalue weighted by Crippen LogP contribution is -2.29. The fraction of sp³-hybridized carbons (Fsp3) is 0.750. The van der Waals surface area contributed by atoms with E-state index in [-0.39, 0.29) is 0 Å². The molecule has 0 amide bonds. The molecule has 0 bridgehead atoms. The first-order valence-corrected chi connectivity index (χ1v) is 5.08. The molecule has 1 saturated carbocycles. The summed E-state index contributed by atoms with van der Waals surface area (Å²) in [7, 11) is 0. The van der Waals surface area contributed by atoms with Gasteiger partial charge in [-0.15, -0.1) is 5.10 Å². The van der Waals surface area contributed by atoms with E-state index in [4.69, 9.17) is 5.73 Å². The molecule has 12 heavy (non-hydrogen) atoms. The van der Waals surface area contributed by atoms with Gasteiger partial charge in [-0.2, -0.15) is 0 Å². The largest absolute Gasteiger partial charge is 0.327 e. The highest BCUT2D eigenvalue weighted by Gasteiger charge is 2.46. The number of aromatic nitrogens is 2. The lowest BCUT2D eigenvalue weighted by atomic mass is 9.93. The Morgan fingerprint density at radius 1 is 1.75 bits per heavy atom. The molecule has 1 atom stereocenters. The SMILES string of the molecule is CC(N)C1(Cc2csnn2)CC1. The smallest absolute Gasteiger partial charge is 0.0761 e. The van der Waals surface area contributed by atoms with E-state index >= 15 is 0 Å². The van der Waals surface area contributed by atoms with Gasteiger partial charge < -0.3 is 5.73 Å². The number of nitrogens with two attached hydrogens (primary N) is 1. The van der Waals surface area contributed by atoms with Crippen LogP contribution in [0.3, 0.4) is 0 Å². The van der Waals surface area contributed by atoms with E-state index in [0.29, 0.717) is 11.5 Å². The van der Waals surface area contributed by atoms with Gasteiger partial charge in [0.05, 0.1) is 5.69 Å². The molecule has 0 radical (unpaired) electrons. The normalized spacial score (nSPS) is 22.2. The summed E-state index contributed by atoms with van der Waals surface area (Å²) in [5, 5.41) is 6.05. The summed E-state index contributed by atoms with van der Waals surface area (Å²) in [4.78, 5) is 0. The molecule has 0 aliphatic heterocycles. The van der Waals surface area contributed by atoms with Crippen LogP contribution in [0.25, 0.3) is 0 Å².